The second-order valence-corrected chi connectivity index (χ2v) is 6.48. The van der Waals surface area contributed by atoms with E-state index >= 15 is 0 Å². The molecule has 0 aliphatic carbocycles. The monoisotopic (exact) mass is 352 g/mol. The molecule has 5 nitrogen and oxygen atoms in total. The highest BCUT2D eigenvalue weighted by atomic mass is 32.1. The van der Waals surface area contributed by atoms with Crippen LogP contribution in [0.25, 0.3) is 10.6 Å². The summed E-state index contributed by atoms with van der Waals surface area (Å²) in [5, 5.41) is 5.80. The fraction of sp³-hybridized carbons (Fsp3) is 0.158. The summed E-state index contributed by atoms with van der Waals surface area (Å²) in [6, 6.07) is 12.9. The molecule has 3 aromatic rings. The third-order valence-corrected chi connectivity index (χ3v) is 4.65. The van der Waals surface area contributed by atoms with E-state index in [1.54, 1.807) is 35.7 Å². The Hall–Kier alpha value is -2.86. The Bertz CT molecular complexity index is 876. The quantitative estimate of drug-likeness (QED) is 0.766. The normalized spacial score (nSPS) is 13.1. The van der Waals surface area contributed by atoms with E-state index in [2.05, 4.69) is 10.3 Å². The predicted octanol–water partition coefficient (Wildman–Crippen LogP) is 4.22. The maximum Gasteiger partial charge on any atom is 0.255 e. The lowest BCUT2D eigenvalue weighted by Crippen LogP contribution is -2.12. The minimum absolute atomic E-state index is 0.183. The summed E-state index contributed by atoms with van der Waals surface area (Å²) in [4.78, 5) is 16.8. The number of carbonyl (C=O) groups is 1. The lowest BCUT2D eigenvalue weighted by Gasteiger charge is -2.10. The van der Waals surface area contributed by atoms with Crippen LogP contribution in [-0.4, -0.2) is 24.1 Å². The molecule has 0 atom stereocenters. The molecule has 0 radical (unpaired) electrons. The number of benzene rings is 2. The molecule has 2 aromatic carbocycles. The van der Waals surface area contributed by atoms with Crippen LogP contribution in [0, 0.1) is 0 Å². The number of anilines is 1. The molecule has 0 unspecified atom stereocenters. The molecule has 1 aromatic heterocycles. The van der Waals surface area contributed by atoms with Crippen molar-refractivity contribution in [2.75, 3.05) is 18.5 Å². The van der Waals surface area contributed by atoms with Gasteiger partial charge in [0.25, 0.3) is 5.91 Å². The summed E-state index contributed by atoms with van der Waals surface area (Å²) >= 11 is 1.58. The van der Waals surface area contributed by atoms with Gasteiger partial charge in [-0.15, -0.1) is 11.3 Å². The third-order valence-electron chi connectivity index (χ3n) is 3.83. The Morgan fingerprint density at radius 1 is 1.04 bits per heavy atom. The molecular weight excluding hydrogens is 336 g/mol. The van der Waals surface area contributed by atoms with Crippen LogP contribution in [0.15, 0.2) is 54.0 Å². The van der Waals surface area contributed by atoms with Crippen LogP contribution in [0.1, 0.15) is 16.8 Å². The zero-order valence-electron chi connectivity index (χ0n) is 13.4. The van der Waals surface area contributed by atoms with Crippen LogP contribution in [0.3, 0.4) is 0 Å². The lowest BCUT2D eigenvalue weighted by molar-refractivity contribution is 0.102. The van der Waals surface area contributed by atoms with Gasteiger partial charge in [-0.2, -0.15) is 0 Å². The summed E-state index contributed by atoms with van der Waals surface area (Å²) < 4.78 is 11.2. The summed E-state index contributed by atoms with van der Waals surface area (Å²) in [5.74, 6) is 1.11. The Morgan fingerprint density at radius 3 is 2.60 bits per heavy atom. The second kappa shape index (κ2) is 6.94. The van der Waals surface area contributed by atoms with Crippen molar-refractivity contribution in [2.24, 2.45) is 0 Å². The lowest BCUT2D eigenvalue weighted by atomic mass is 10.1. The average Bonchev–Trinajstić information content (AvgIpc) is 3.07. The number of fused-ring (bicyclic) bond motifs is 1. The zero-order chi connectivity index (χ0) is 17.1. The van der Waals surface area contributed by atoms with Crippen molar-refractivity contribution in [1.82, 2.24) is 4.98 Å². The van der Waals surface area contributed by atoms with Crippen LogP contribution in [-0.2, 0) is 0 Å². The van der Waals surface area contributed by atoms with Crippen molar-refractivity contribution in [3.05, 3.63) is 59.6 Å². The molecule has 0 bridgehead atoms. The van der Waals surface area contributed by atoms with Gasteiger partial charge in [0.2, 0.25) is 0 Å². The fourth-order valence-corrected chi connectivity index (χ4v) is 3.21. The van der Waals surface area contributed by atoms with E-state index in [0.717, 1.165) is 22.7 Å². The molecule has 25 heavy (non-hydrogen) atoms. The number of nitrogens with one attached hydrogen (secondary N) is 1. The Kier molecular flexibility index (Phi) is 4.35. The number of hydrogen-bond acceptors (Lipinski definition) is 5. The third kappa shape index (κ3) is 3.49. The first kappa shape index (κ1) is 15.7. The van der Waals surface area contributed by atoms with Gasteiger partial charge in [0.1, 0.15) is 5.01 Å². The standard InChI is InChI=1S/C19H16N2O3S/c22-18(14-4-7-16-17(12-14)24-10-1-9-23-16)21-15-5-2-13(3-6-15)19-20-8-11-25-19/h2-8,11-12H,1,9-10H2,(H,21,22). The minimum atomic E-state index is -0.183. The first-order valence-corrected chi connectivity index (χ1v) is 8.88. The van der Waals surface area contributed by atoms with E-state index in [-0.39, 0.29) is 5.91 Å². The molecule has 1 aliphatic rings. The van der Waals surface area contributed by atoms with Gasteiger partial charge in [-0.05, 0) is 42.5 Å². The van der Waals surface area contributed by atoms with Gasteiger partial charge in [-0.3, -0.25) is 4.79 Å². The number of nitrogens with zero attached hydrogens (tertiary/aromatic N) is 1. The molecule has 1 aliphatic heterocycles. The maximum atomic E-state index is 12.5. The SMILES string of the molecule is O=C(Nc1ccc(-c2nccs2)cc1)c1ccc2c(c1)OCCCO2. The molecule has 0 fully saturated rings. The molecule has 0 saturated carbocycles. The summed E-state index contributed by atoms with van der Waals surface area (Å²) in [5.41, 5.74) is 2.30. The molecule has 4 rings (SSSR count). The maximum absolute atomic E-state index is 12.5. The van der Waals surface area contributed by atoms with Crippen molar-refractivity contribution in [3.8, 4) is 22.1 Å². The molecule has 0 spiro atoms. The highest BCUT2D eigenvalue weighted by molar-refractivity contribution is 7.13. The minimum Gasteiger partial charge on any atom is -0.490 e. The molecule has 126 valence electrons. The van der Waals surface area contributed by atoms with Crippen molar-refractivity contribution < 1.29 is 14.3 Å². The Balaban J connectivity index is 1.49. The first-order chi connectivity index (χ1) is 12.3. The molecule has 1 amide bonds. The number of rotatable bonds is 3. The second-order valence-electron chi connectivity index (χ2n) is 5.58. The largest absolute Gasteiger partial charge is 0.490 e. The van der Waals surface area contributed by atoms with Crippen LogP contribution < -0.4 is 14.8 Å². The van der Waals surface area contributed by atoms with Gasteiger partial charge < -0.3 is 14.8 Å². The van der Waals surface area contributed by atoms with Gasteiger partial charge in [0, 0.05) is 34.8 Å². The number of aromatic nitrogens is 1. The molecule has 2 heterocycles. The van der Waals surface area contributed by atoms with Crippen molar-refractivity contribution in [2.45, 2.75) is 6.42 Å². The van der Waals surface area contributed by atoms with Gasteiger partial charge in [0.05, 0.1) is 13.2 Å². The van der Waals surface area contributed by atoms with Crippen LogP contribution in [0.4, 0.5) is 5.69 Å². The van der Waals surface area contributed by atoms with Crippen LogP contribution >= 0.6 is 11.3 Å². The van der Waals surface area contributed by atoms with Crippen LogP contribution in [0.2, 0.25) is 0 Å². The van der Waals surface area contributed by atoms with E-state index < -0.39 is 0 Å². The fourth-order valence-electron chi connectivity index (χ4n) is 2.57. The van der Waals surface area contributed by atoms with Gasteiger partial charge in [-0.25, -0.2) is 4.98 Å². The first-order valence-electron chi connectivity index (χ1n) is 8.00. The molecule has 6 heteroatoms. The van der Waals surface area contributed by atoms with Gasteiger partial charge in [-0.1, -0.05) is 0 Å². The van der Waals surface area contributed by atoms with E-state index in [0.29, 0.717) is 30.3 Å². The summed E-state index contributed by atoms with van der Waals surface area (Å²) in [6.45, 7) is 1.22. The Morgan fingerprint density at radius 2 is 1.84 bits per heavy atom. The number of amides is 1. The predicted molar refractivity (Wildman–Crippen MR) is 97.6 cm³/mol. The summed E-state index contributed by atoms with van der Waals surface area (Å²) in [6.07, 6.45) is 2.61. The van der Waals surface area contributed by atoms with E-state index in [4.69, 9.17) is 9.47 Å². The molecule has 0 saturated heterocycles. The van der Waals surface area contributed by atoms with E-state index in [1.165, 1.54) is 0 Å². The van der Waals surface area contributed by atoms with E-state index in [9.17, 15) is 4.79 Å². The Labute approximate surface area is 149 Å². The van der Waals surface area contributed by atoms with Crippen molar-refractivity contribution >= 4 is 22.9 Å². The van der Waals surface area contributed by atoms with Crippen molar-refractivity contribution in [1.29, 1.82) is 0 Å². The molecular formula is C19H16N2O3S. The highest BCUT2D eigenvalue weighted by Crippen LogP contribution is 2.31. The van der Waals surface area contributed by atoms with Crippen molar-refractivity contribution in [3.63, 3.8) is 0 Å². The van der Waals surface area contributed by atoms with Gasteiger partial charge in [0.15, 0.2) is 11.5 Å². The van der Waals surface area contributed by atoms with Crippen LogP contribution in [0.5, 0.6) is 11.5 Å². The average molecular weight is 352 g/mol. The summed E-state index contributed by atoms with van der Waals surface area (Å²) in [7, 11) is 0. The number of thiazole rings is 1. The topological polar surface area (TPSA) is 60.5 Å². The van der Waals surface area contributed by atoms with Gasteiger partial charge >= 0.3 is 0 Å². The number of ether oxygens (including phenoxy) is 2. The highest BCUT2D eigenvalue weighted by Gasteiger charge is 2.14. The van der Waals surface area contributed by atoms with E-state index in [1.807, 2.05) is 29.6 Å². The molecule has 1 N–H and O–H groups in total. The zero-order valence-corrected chi connectivity index (χ0v) is 14.2. The number of carbonyl (C=O) groups excluding carboxylic acids is 1. The number of hydrogen-bond donors (Lipinski definition) is 1. The smallest absolute Gasteiger partial charge is 0.255 e.